The van der Waals surface area contributed by atoms with Crippen molar-refractivity contribution in [3.8, 4) is 11.5 Å². The van der Waals surface area contributed by atoms with Crippen LogP contribution in [0.3, 0.4) is 0 Å². The Bertz CT molecular complexity index is 570. The summed E-state index contributed by atoms with van der Waals surface area (Å²) in [7, 11) is 0. The number of benzene rings is 2. The van der Waals surface area contributed by atoms with Gasteiger partial charge in [-0.1, -0.05) is 44.5 Å². The highest BCUT2D eigenvalue weighted by molar-refractivity contribution is 6.30. The van der Waals surface area contributed by atoms with Crippen molar-refractivity contribution in [3.63, 3.8) is 0 Å². The van der Waals surface area contributed by atoms with E-state index < -0.39 is 0 Å². The van der Waals surface area contributed by atoms with Crippen LogP contribution in [0.2, 0.25) is 5.02 Å². The highest BCUT2D eigenvalue weighted by atomic mass is 35.5. The largest absolute Gasteiger partial charge is 0.455 e. The monoisotopic (exact) mass is 275 g/mol. The van der Waals surface area contributed by atoms with Crippen LogP contribution in [0.4, 0.5) is 5.69 Å². The van der Waals surface area contributed by atoms with Crippen LogP contribution in [0, 0.1) is 0 Å². The lowest BCUT2D eigenvalue weighted by Crippen LogP contribution is -2.10. The van der Waals surface area contributed by atoms with Crippen LogP contribution in [0.5, 0.6) is 11.5 Å². The van der Waals surface area contributed by atoms with Crippen molar-refractivity contribution in [1.29, 1.82) is 0 Å². The number of rotatable bonds is 2. The van der Waals surface area contributed by atoms with Crippen LogP contribution in [-0.4, -0.2) is 0 Å². The SMILES string of the molecule is CC(C)(C)c1ccc(Oc2ccc(Cl)cc2N)cc1. The Labute approximate surface area is 119 Å². The molecule has 2 rings (SSSR count). The van der Waals surface area contributed by atoms with E-state index in [9.17, 15) is 0 Å². The second-order valence-electron chi connectivity index (χ2n) is 5.56. The molecule has 0 aliphatic rings. The predicted molar refractivity (Wildman–Crippen MR) is 81.1 cm³/mol. The van der Waals surface area contributed by atoms with Crippen LogP contribution < -0.4 is 10.5 Å². The molecule has 0 radical (unpaired) electrons. The minimum atomic E-state index is 0.137. The molecule has 0 atom stereocenters. The van der Waals surface area contributed by atoms with Gasteiger partial charge in [0.05, 0.1) is 5.69 Å². The minimum absolute atomic E-state index is 0.137. The molecule has 2 N–H and O–H groups in total. The summed E-state index contributed by atoms with van der Waals surface area (Å²) in [5.41, 5.74) is 7.80. The van der Waals surface area contributed by atoms with Crippen LogP contribution in [-0.2, 0) is 5.41 Å². The molecular weight excluding hydrogens is 258 g/mol. The van der Waals surface area contributed by atoms with E-state index in [4.69, 9.17) is 22.1 Å². The van der Waals surface area contributed by atoms with Crippen molar-refractivity contribution in [1.82, 2.24) is 0 Å². The molecule has 0 fully saturated rings. The van der Waals surface area contributed by atoms with Gasteiger partial charge in [0.15, 0.2) is 0 Å². The smallest absolute Gasteiger partial charge is 0.150 e. The Hall–Kier alpha value is -1.67. The summed E-state index contributed by atoms with van der Waals surface area (Å²) in [6.07, 6.45) is 0. The molecule has 0 bridgehead atoms. The number of ether oxygens (including phenoxy) is 1. The number of halogens is 1. The third-order valence-electron chi connectivity index (χ3n) is 2.92. The molecule has 0 amide bonds. The molecule has 0 saturated heterocycles. The summed E-state index contributed by atoms with van der Waals surface area (Å²) in [6.45, 7) is 6.54. The normalized spacial score (nSPS) is 11.4. The average molecular weight is 276 g/mol. The van der Waals surface area contributed by atoms with Gasteiger partial charge in [-0.2, -0.15) is 0 Å². The minimum Gasteiger partial charge on any atom is -0.455 e. The van der Waals surface area contributed by atoms with Gasteiger partial charge in [0.1, 0.15) is 11.5 Å². The Morgan fingerprint density at radius 3 is 2.16 bits per heavy atom. The quantitative estimate of drug-likeness (QED) is 0.782. The maximum atomic E-state index is 5.86. The molecule has 19 heavy (non-hydrogen) atoms. The van der Waals surface area contributed by atoms with Crippen molar-refractivity contribution in [2.24, 2.45) is 0 Å². The fourth-order valence-corrected chi connectivity index (χ4v) is 1.94. The number of hydrogen-bond donors (Lipinski definition) is 1. The first kappa shape index (κ1) is 13.8. The molecule has 0 heterocycles. The molecule has 0 unspecified atom stereocenters. The van der Waals surface area contributed by atoms with Crippen molar-refractivity contribution < 1.29 is 4.74 Å². The Kier molecular flexibility index (Phi) is 3.72. The molecule has 100 valence electrons. The first-order valence-electron chi connectivity index (χ1n) is 6.20. The fourth-order valence-electron chi connectivity index (χ4n) is 1.76. The maximum Gasteiger partial charge on any atom is 0.150 e. The molecule has 2 aromatic rings. The van der Waals surface area contributed by atoms with E-state index in [0.29, 0.717) is 16.5 Å². The number of nitrogens with two attached hydrogens (primary N) is 1. The lowest BCUT2D eigenvalue weighted by molar-refractivity contribution is 0.484. The van der Waals surface area contributed by atoms with Crippen molar-refractivity contribution >= 4 is 17.3 Å². The average Bonchev–Trinajstić information content (AvgIpc) is 2.32. The molecule has 0 spiro atoms. The molecule has 0 aliphatic heterocycles. The molecule has 2 aromatic carbocycles. The summed E-state index contributed by atoms with van der Waals surface area (Å²) in [5, 5.41) is 0.605. The zero-order valence-electron chi connectivity index (χ0n) is 11.4. The number of nitrogen functional groups attached to an aromatic ring is 1. The Morgan fingerprint density at radius 1 is 1.00 bits per heavy atom. The lowest BCUT2D eigenvalue weighted by atomic mass is 9.87. The first-order valence-corrected chi connectivity index (χ1v) is 6.57. The highest BCUT2D eigenvalue weighted by Crippen LogP contribution is 2.31. The van der Waals surface area contributed by atoms with E-state index in [-0.39, 0.29) is 5.41 Å². The molecular formula is C16H18ClNO. The highest BCUT2D eigenvalue weighted by Gasteiger charge is 2.13. The Balaban J connectivity index is 2.20. The van der Waals surface area contributed by atoms with E-state index in [2.05, 4.69) is 32.9 Å². The van der Waals surface area contributed by atoms with Crippen LogP contribution in [0.15, 0.2) is 42.5 Å². The van der Waals surface area contributed by atoms with Gasteiger partial charge in [0.2, 0.25) is 0 Å². The predicted octanol–water partition coefficient (Wildman–Crippen LogP) is 5.01. The van der Waals surface area contributed by atoms with Gasteiger partial charge < -0.3 is 10.5 Å². The summed E-state index contributed by atoms with van der Waals surface area (Å²) in [4.78, 5) is 0. The molecule has 3 heteroatoms. The molecule has 2 nitrogen and oxygen atoms in total. The zero-order valence-corrected chi connectivity index (χ0v) is 12.2. The van der Waals surface area contributed by atoms with Gasteiger partial charge in [-0.3, -0.25) is 0 Å². The van der Waals surface area contributed by atoms with E-state index in [1.54, 1.807) is 18.2 Å². The third kappa shape index (κ3) is 3.42. The zero-order chi connectivity index (χ0) is 14.0. The number of anilines is 1. The third-order valence-corrected chi connectivity index (χ3v) is 3.16. The van der Waals surface area contributed by atoms with Gasteiger partial charge in [0.25, 0.3) is 0 Å². The summed E-state index contributed by atoms with van der Waals surface area (Å²) >= 11 is 5.86. The van der Waals surface area contributed by atoms with Crippen molar-refractivity contribution in [2.75, 3.05) is 5.73 Å². The van der Waals surface area contributed by atoms with E-state index in [1.807, 2.05) is 12.1 Å². The van der Waals surface area contributed by atoms with Gasteiger partial charge in [-0.15, -0.1) is 0 Å². The lowest BCUT2D eigenvalue weighted by Gasteiger charge is -2.19. The van der Waals surface area contributed by atoms with E-state index in [0.717, 1.165) is 5.75 Å². The molecule has 0 saturated carbocycles. The van der Waals surface area contributed by atoms with Crippen LogP contribution in [0.25, 0.3) is 0 Å². The molecule has 0 aliphatic carbocycles. The summed E-state index contributed by atoms with van der Waals surface area (Å²) in [5.74, 6) is 1.38. The second kappa shape index (κ2) is 5.14. The fraction of sp³-hybridized carbons (Fsp3) is 0.250. The van der Waals surface area contributed by atoms with Gasteiger partial charge in [-0.05, 0) is 41.3 Å². The second-order valence-corrected chi connectivity index (χ2v) is 6.00. The van der Waals surface area contributed by atoms with Gasteiger partial charge in [0, 0.05) is 5.02 Å². The first-order chi connectivity index (χ1) is 8.86. The van der Waals surface area contributed by atoms with Crippen LogP contribution in [0.1, 0.15) is 26.3 Å². The van der Waals surface area contributed by atoms with Crippen molar-refractivity contribution in [3.05, 3.63) is 53.1 Å². The number of hydrogen-bond acceptors (Lipinski definition) is 2. The summed E-state index contributed by atoms with van der Waals surface area (Å²) < 4.78 is 5.75. The van der Waals surface area contributed by atoms with E-state index in [1.165, 1.54) is 5.56 Å². The molecule has 0 aromatic heterocycles. The topological polar surface area (TPSA) is 35.2 Å². The van der Waals surface area contributed by atoms with Gasteiger partial charge in [-0.25, -0.2) is 0 Å². The maximum absolute atomic E-state index is 5.86. The Morgan fingerprint density at radius 2 is 1.63 bits per heavy atom. The van der Waals surface area contributed by atoms with Crippen LogP contribution >= 0.6 is 11.6 Å². The standard InChI is InChI=1S/C16H18ClNO/c1-16(2,3)11-4-7-13(8-5-11)19-15-9-6-12(17)10-14(15)18/h4-10H,18H2,1-3H3. The van der Waals surface area contributed by atoms with E-state index >= 15 is 0 Å². The van der Waals surface area contributed by atoms with Crippen molar-refractivity contribution in [2.45, 2.75) is 26.2 Å². The summed E-state index contributed by atoms with van der Waals surface area (Å²) in [6, 6.07) is 13.3. The van der Waals surface area contributed by atoms with Gasteiger partial charge >= 0.3 is 0 Å².